The zero-order valence-electron chi connectivity index (χ0n) is 34.3. The lowest BCUT2D eigenvalue weighted by Crippen LogP contribution is -2.29. The number of unbranched alkanes of at least 4 members (excludes halogenated alkanes) is 6. The van der Waals surface area contributed by atoms with Crippen LogP contribution < -0.4 is 0 Å². The van der Waals surface area contributed by atoms with Gasteiger partial charge in [0.2, 0.25) is 0 Å². The Hall–Kier alpha value is -2.22. The largest absolute Gasteiger partial charge is 0.472 e. The molecule has 1 saturated heterocycles. The summed E-state index contributed by atoms with van der Waals surface area (Å²) in [6.45, 7) is 3.75. The minimum atomic E-state index is -4.87. The summed E-state index contributed by atoms with van der Waals surface area (Å²) in [6.07, 6.45) is 33.1. The number of aliphatic hydroxyl groups excluding tert-OH is 1. The van der Waals surface area contributed by atoms with Crippen molar-refractivity contribution < 1.29 is 66.3 Å². The molecular weight excluding hydrogens is 778 g/mol. The number of carbonyl (C=O) groups excluding carboxylic acids is 2. The Morgan fingerprint density at radius 3 is 1.77 bits per heavy atom. The van der Waals surface area contributed by atoms with E-state index < -0.39 is 66.2 Å². The molecule has 328 valence electrons. The third-order valence-electron chi connectivity index (χ3n) is 8.50. The van der Waals surface area contributed by atoms with Crippen molar-refractivity contribution in [1.29, 1.82) is 0 Å². The van der Waals surface area contributed by atoms with E-state index in [0.29, 0.717) is 37.4 Å². The Morgan fingerprint density at radius 1 is 0.649 bits per heavy atom. The van der Waals surface area contributed by atoms with E-state index in [1.165, 1.54) is 19.3 Å². The number of hydrogen-bond donors (Lipinski definition) is 4. The number of hydrogen-bond acceptors (Lipinski definition) is 11. The van der Waals surface area contributed by atoms with Gasteiger partial charge in [0.25, 0.3) is 0 Å². The normalized spacial score (nSPS) is 18.4. The van der Waals surface area contributed by atoms with Crippen LogP contribution in [-0.2, 0) is 46.5 Å². The monoisotopic (exact) mass is 848 g/mol. The van der Waals surface area contributed by atoms with Crippen LogP contribution in [0.4, 0.5) is 0 Å². The van der Waals surface area contributed by atoms with Crippen LogP contribution in [-0.4, -0.2) is 82.6 Å². The number of ether oxygens (including phenoxy) is 3. The highest BCUT2D eigenvalue weighted by Gasteiger charge is 2.36. The van der Waals surface area contributed by atoms with Crippen LogP contribution in [0.3, 0.4) is 0 Å². The van der Waals surface area contributed by atoms with Gasteiger partial charge in [-0.1, -0.05) is 126 Å². The van der Waals surface area contributed by atoms with Gasteiger partial charge < -0.3 is 34.0 Å². The quantitative estimate of drug-likeness (QED) is 0.0153. The van der Waals surface area contributed by atoms with Gasteiger partial charge in [-0.2, -0.15) is 0 Å². The Labute approximate surface area is 340 Å². The molecular formula is C41H70O14P2. The Kier molecular flexibility index (Phi) is 30.2. The van der Waals surface area contributed by atoms with Crippen molar-refractivity contribution in [3.05, 3.63) is 60.8 Å². The van der Waals surface area contributed by atoms with E-state index in [4.69, 9.17) is 28.5 Å². The molecule has 0 aliphatic carbocycles. The van der Waals surface area contributed by atoms with E-state index >= 15 is 0 Å². The molecule has 0 spiro atoms. The molecule has 0 saturated carbocycles. The van der Waals surface area contributed by atoms with Gasteiger partial charge in [0.1, 0.15) is 12.7 Å². The molecule has 0 amide bonds. The lowest BCUT2D eigenvalue weighted by molar-refractivity contribution is -0.161. The summed E-state index contributed by atoms with van der Waals surface area (Å²) in [5.74, 6) is -0.435. The highest BCUT2D eigenvalue weighted by molar-refractivity contribution is 7.47. The van der Waals surface area contributed by atoms with Crippen LogP contribution in [0.1, 0.15) is 130 Å². The minimum Gasteiger partial charge on any atom is -0.462 e. The van der Waals surface area contributed by atoms with Crippen LogP contribution in [0.2, 0.25) is 0 Å². The average molecular weight is 849 g/mol. The van der Waals surface area contributed by atoms with Gasteiger partial charge in [-0.15, -0.1) is 0 Å². The second kappa shape index (κ2) is 32.6. The van der Waals surface area contributed by atoms with Crippen molar-refractivity contribution in [2.75, 3.05) is 26.4 Å². The van der Waals surface area contributed by atoms with E-state index in [2.05, 4.69) is 72.4 Å². The predicted molar refractivity (Wildman–Crippen MR) is 220 cm³/mol. The summed E-state index contributed by atoms with van der Waals surface area (Å²) < 4.78 is 53.2. The third-order valence-corrected chi connectivity index (χ3v) is 9.94. The molecule has 1 aliphatic heterocycles. The maximum atomic E-state index is 12.6. The highest BCUT2D eigenvalue weighted by Crippen LogP contribution is 2.43. The fourth-order valence-electron chi connectivity index (χ4n) is 5.30. The highest BCUT2D eigenvalue weighted by atomic mass is 31.2. The van der Waals surface area contributed by atoms with Crippen molar-refractivity contribution in [1.82, 2.24) is 0 Å². The first kappa shape index (κ1) is 52.8. The molecule has 0 aromatic rings. The molecule has 1 rings (SSSR count). The second-order valence-electron chi connectivity index (χ2n) is 14.4. The lowest BCUT2D eigenvalue weighted by atomic mass is 10.0. The molecule has 5 atom stereocenters. The van der Waals surface area contributed by atoms with Crippen LogP contribution in [0.5, 0.6) is 0 Å². The van der Waals surface area contributed by atoms with Gasteiger partial charge in [0.15, 0.2) is 6.10 Å². The molecule has 0 bridgehead atoms. The first-order valence-corrected chi connectivity index (χ1v) is 23.5. The number of epoxide rings is 1. The zero-order chi connectivity index (χ0) is 42.2. The number of rotatable bonds is 36. The summed E-state index contributed by atoms with van der Waals surface area (Å²) >= 11 is 0. The smallest absolute Gasteiger partial charge is 0.462 e. The van der Waals surface area contributed by atoms with Crippen molar-refractivity contribution in [3.63, 3.8) is 0 Å². The molecule has 1 heterocycles. The van der Waals surface area contributed by atoms with Crippen molar-refractivity contribution >= 4 is 27.6 Å². The SMILES string of the molecule is CC/C=C\CC1OC1C/C=C\C/C=C\C/C=C\C/C=C\CCC(=O)OC[C@H](COP(=O)(O)OC[C@@H](O)COP(=O)(O)O)OC(=O)CCCCCCCCCC(C)C. The van der Waals surface area contributed by atoms with E-state index in [9.17, 15) is 28.7 Å². The summed E-state index contributed by atoms with van der Waals surface area (Å²) in [4.78, 5) is 52.5. The number of esters is 2. The van der Waals surface area contributed by atoms with E-state index in [1.54, 1.807) is 0 Å². The Morgan fingerprint density at radius 2 is 1.18 bits per heavy atom. The standard InChI is InChI=1S/C41H70O14P2/c1-4-5-21-27-38-39(55-38)28-23-18-14-10-8-6-7-9-11-15-19-24-29-40(43)50-33-37(34-53-57(48,49)52-32-36(42)31-51-56(45,46)47)54-41(44)30-25-20-16-12-13-17-22-26-35(2)3/h5,7-10,15,18-19,21,23,35-39,42H,4,6,11-14,16-17,20,22,24-34H2,1-3H3,(H,48,49)(H2,45,46,47)/b9-7-,10-8-,19-15-,21-5-,23-18-/t36-,37+,38?,39?/m0/s1. The maximum Gasteiger partial charge on any atom is 0.472 e. The number of aliphatic hydroxyl groups is 1. The van der Waals surface area contributed by atoms with Gasteiger partial charge >= 0.3 is 27.6 Å². The molecule has 3 unspecified atom stereocenters. The molecule has 4 N–H and O–H groups in total. The van der Waals surface area contributed by atoms with Crippen LogP contribution in [0.25, 0.3) is 0 Å². The van der Waals surface area contributed by atoms with E-state index in [0.717, 1.165) is 57.8 Å². The van der Waals surface area contributed by atoms with Gasteiger partial charge in [-0.05, 0) is 57.3 Å². The van der Waals surface area contributed by atoms with Gasteiger partial charge in [0.05, 0.1) is 32.0 Å². The lowest BCUT2D eigenvalue weighted by Gasteiger charge is -2.20. The minimum absolute atomic E-state index is 0.0646. The van der Waals surface area contributed by atoms with Gasteiger partial charge in [-0.25, -0.2) is 9.13 Å². The number of phosphoric ester groups is 2. The molecule has 0 aromatic heterocycles. The Balaban J connectivity index is 2.40. The number of carbonyl (C=O) groups is 2. The Bertz CT molecular complexity index is 1320. The first-order valence-electron chi connectivity index (χ1n) is 20.5. The molecule has 1 aliphatic rings. The maximum absolute atomic E-state index is 12.6. The van der Waals surface area contributed by atoms with Gasteiger partial charge in [0, 0.05) is 12.8 Å². The number of phosphoric acid groups is 2. The molecule has 1 fully saturated rings. The zero-order valence-corrected chi connectivity index (χ0v) is 36.1. The van der Waals surface area contributed by atoms with E-state index in [-0.39, 0.29) is 12.8 Å². The van der Waals surface area contributed by atoms with Crippen LogP contribution in [0, 0.1) is 5.92 Å². The molecule has 0 aromatic carbocycles. The van der Waals surface area contributed by atoms with Crippen molar-refractivity contribution in [3.8, 4) is 0 Å². The van der Waals surface area contributed by atoms with E-state index in [1.807, 2.05) is 18.2 Å². The van der Waals surface area contributed by atoms with Crippen molar-refractivity contribution in [2.24, 2.45) is 5.92 Å². The van der Waals surface area contributed by atoms with Crippen LogP contribution >= 0.6 is 15.6 Å². The van der Waals surface area contributed by atoms with Crippen molar-refractivity contribution in [2.45, 2.75) is 154 Å². The molecule has 57 heavy (non-hydrogen) atoms. The summed E-state index contributed by atoms with van der Waals surface area (Å²) in [6, 6.07) is 0. The second-order valence-corrected chi connectivity index (χ2v) is 17.1. The predicted octanol–water partition coefficient (Wildman–Crippen LogP) is 8.90. The first-order chi connectivity index (χ1) is 27.2. The summed E-state index contributed by atoms with van der Waals surface area (Å²) in [5, 5.41) is 9.72. The topological polar surface area (TPSA) is 208 Å². The van der Waals surface area contributed by atoms with Gasteiger partial charge in [-0.3, -0.25) is 23.2 Å². The number of allylic oxidation sites excluding steroid dienone is 8. The fourth-order valence-corrected chi connectivity index (χ4v) is 6.46. The molecule has 16 heteroatoms. The third kappa shape index (κ3) is 34.4. The summed E-state index contributed by atoms with van der Waals surface area (Å²) in [7, 11) is -9.69. The summed E-state index contributed by atoms with van der Waals surface area (Å²) in [5.41, 5.74) is 0. The molecule has 14 nitrogen and oxygen atoms in total. The average Bonchev–Trinajstić information content (AvgIpc) is 3.91. The fraction of sp³-hybridized carbons (Fsp3) is 0.707. The van der Waals surface area contributed by atoms with Crippen LogP contribution in [0.15, 0.2) is 60.8 Å². The molecule has 0 radical (unpaired) electrons.